The molecule has 82 valence electrons. The Morgan fingerprint density at radius 2 is 1.75 bits per heavy atom. The first-order valence-corrected chi connectivity index (χ1v) is 5.89. The smallest absolute Gasteiger partial charge is 0.130 e. The fourth-order valence-corrected chi connectivity index (χ4v) is 1.55. The Morgan fingerprint density at radius 1 is 1.06 bits per heavy atom. The summed E-state index contributed by atoms with van der Waals surface area (Å²) in [6.07, 6.45) is 4.36. The van der Waals surface area contributed by atoms with Gasteiger partial charge in [0.15, 0.2) is 0 Å². The van der Waals surface area contributed by atoms with E-state index in [9.17, 15) is 0 Å². The van der Waals surface area contributed by atoms with Crippen LogP contribution in [0.2, 0.25) is 0 Å². The first-order valence-electron chi connectivity index (χ1n) is 5.10. The minimum atomic E-state index is 0.822. The van der Waals surface area contributed by atoms with E-state index in [4.69, 9.17) is 0 Å². The second-order valence-corrected chi connectivity index (χ2v) is 4.28. The number of hydrogen-bond donors (Lipinski definition) is 1. The maximum atomic E-state index is 4.21. The van der Waals surface area contributed by atoms with Crippen LogP contribution in [-0.2, 0) is 6.42 Å². The van der Waals surface area contributed by atoms with Crippen LogP contribution in [-0.4, -0.2) is 16.5 Å². The summed E-state index contributed by atoms with van der Waals surface area (Å²) in [4.78, 5) is 8.42. The quantitative estimate of drug-likeness (QED) is 0.934. The number of nitrogens with one attached hydrogen (secondary N) is 1. The van der Waals surface area contributed by atoms with E-state index in [-0.39, 0.29) is 0 Å². The van der Waals surface area contributed by atoms with Crippen molar-refractivity contribution in [1.82, 2.24) is 9.97 Å². The number of benzene rings is 1. The molecule has 0 fully saturated rings. The largest absolute Gasteiger partial charge is 0.385 e. The van der Waals surface area contributed by atoms with Crippen molar-refractivity contribution in [2.75, 3.05) is 11.9 Å². The van der Waals surface area contributed by atoms with E-state index in [0.717, 1.165) is 29.0 Å². The molecule has 3 nitrogen and oxygen atoms in total. The van der Waals surface area contributed by atoms with Crippen LogP contribution in [0, 0.1) is 0 Å². The zero-order valence-corrected chi connectivity index (χ0v) is 10.3. The molecule has 0 aliphatic carbocycles. The molecule has 16 heavy (non-hydrogen) atoms. The molecule has 0 bridgehead atoms. The van der Waals surface area contributed by atoms with Crippen molar-refractivity contribution >= 4 is 21.6 Å². The maximum Gasteiger partial charge on any atom is 0.130 e. The van der Waals surface area contributed by atoms with Gasteiger partial charge >= 0.3 is 0 Å². The summed E-state index contributed by atoms with van der Waals surface area (Å²) < 4.78 is 0.910. The predicted octanol–water partition coefficient (Wildman–Crippen LogP) is 2.89. The molecule has 0 spiro atoms. The third-order valence-corrected chi connectivity index (χ3v) is 2.53. The van der Waals surface area contributed by atoms with Crippen LogP contribution in [0.5, 0.6) is 0 Å². The zero-order valence-electron chi connectivity index (χ0n) is 8.73. The second-order valence-electron chi connectivity index (χ2n) is 3.36. The van der Waals surface area contributed by atoms with Crippen molar-refractivity contribution in [1.29, 1.82) is 0 Å². The number of anilines is 1. The average molecular weight is 278 g/mol. The fraction of sp³-hybridized carbons (Fsp3) is 0.167. The van der Waals surface area contributed by atoms with Crippen LogP contribution in [0.3, 0.4) is 0 Å². The van der Waals surface area contributed by atoms with Crippen LogP contribution in [0.1, 0.15) is 5.82 Å². The minimum absolute atomic E-state index is 0.822. The number of nitrogens with zero attached hydrogens (tertiary/aromatic N) is 2. The summed E-state index contributed by atoms with van der Waals surface area (Å²) in [6, 6.07) is 10.1. The number of para-hydroxylation sites is 1. The van der Waals surface area contributed by atoms with E-state index in [1.54, 1.807) is 12.4 Å². The normalized spacial score (nSPS) is 10.1. The van der Waals surface area contributed by atoms with Crippen LogP contribution >= 0.6 is 15.9 Å². The van der Waals surface area contributed by atoms with E-state index in [1.165, 1.54) is 0 Å². The van der Waals surface area contributed by atoms with Gasteiger partial charge in [-0.1, -0.05) is 18.2 Å². The van der Waals surface area contributed by atoms with Gasteiger partial charge in [0.05, 0.1) is 4.47 Å². The molecule has 0 unspecified atom stereocenters. The van der Waals surface area contributed by atoms with Crippen molar-refractivity contribution in [3.8, 4) is 0 Å². The van der Waals surface area contributed by atoms with E-state index in [1.807, 2.05) is 30.3 Å². The molecular formula is C12H12BrN3. The molecule has 0 amide bonds. The van der Waals surface area contributed by atoms with Crippen molar-refractivity contribution in [3.63, 3.8) is 0 Å². The highest BCUT2D eigenvalue weighted by Crippen LogP contribution is 2.06. The predicted molar refractivity (Wildman–Crippen MR) is 68.4 cm³/mol. The van der Waals surface area contributed by atoms with Crippen LogP contribution < -0.4 is 5.32 Å². The second kappa shape index (κ2) is 5.61. The third kappa shape index (κ3) is 3.31. The van der Waals surface area contributed by atoms with E-state index >= 15 is 0 Å². The highest BCUT2D eigenvalue weighted by molar-refractivity contribution is 9.10. The summed E-state index contributed by atoms with van der Waals surface area (Å²) in [7, 11) is 0. The molecule has 0 atom stereocenters. The van der Waals surface area contributed by atoms with Gasteiger partial charge in [-0.25, -0.2) is 9.97 Å². The third-order valence-electron chi connectivity index (χ3n) is 2.13. The first-order chi connectivity index (χ1) is 7.84. The molecule has 0 aliphatic heterocycles. The Kier molecular flexibility index (Phi) is 3.88. The van der Waals surface area contributed by atoms with Gasteiger partial charge in [0.1, 0.15) is 5.82 Å². The lowest BCUT2D eigenvalue weighted by atomic mass is 10.3. The highest BCUT2D eigenvalue weighted by Gasteiger charge is 1.96. The number of halogens is 1. The Bertz CT molecular complexity index is 428. The molecule has 0 saturated carbocycles. The summed E-state index contributed by atoms with van der Waals surface area (Å²) in [5, 5.41) is 3.32. The zero-order chi connectivity index (χ0) is 11.2. The Morgan fingerprint density at radius 3 is 2.44 bits per heavy atom. The summed E-state index contributed by atoms with van der Waals surface area (Å²) in [5.74, 6) is 0.853. The molecule has 0 radical (unpaired) electrons. The van der Waals surface area contributed by atoms with Gasteiger partial charge in [0.2, 0.25) is 0 Å². The van der Waals surface area contributed by atoms with Gasteiger partial charge in [-0.15, -0.1) is 0 Å². The van der Waals surface area contributed by atoms with Gasteiger partial charge < -0.3 is 5.32 Å². The lowest BCUT2D eigenvalue weighted by Crippen LogP contribution is -2.07. The molecule has 1 N–H and O–H groups in total. The van der Waals surface area contributed by atoms with Crippen molar-refractivity contribution < 1.29 is 0 Å². The van der Waals surface area contributed by atoms with E-state index in [2.05, 4.69) is 31.2 Å². The highest BCUT2D eigenvalue weighted by atomic mass is 79.9. The molecule has 2 rings (SSSR count). The first kappa shape index (κ1) is 11.1. The monoisotopic (exact) mass is 277 g/mol. The molecule has 0 saturated heterocycles. The lowest BCUT2D eigenvalue weighted by molar-refractivity contribution is 0.890. The van der Waals surface area contributed by atoms with Gasteiger partial charge in [0, 0.05) is 31.0 Å². The van der Waals surface area contributed by atoms with Crippen molar-refractivity contribution in [2.24, 2.45) is 0 Å². The Hall–Kier alpha value is -1.42. The number of hydrogen-bond acceptors (Lipinski definition) is 3. The average Bonchev–Trinajstić information content (AvgIpc) is 2.33. The molecule has 2 aromatic rings. The van der Waals surface area contributed by atoms with Crippen LogP contribution in [0.4, 0.5) is 5.69 Å². The standard InChI is InChI=1S/C12H12BrN3/c13-10-8-15-12(16-9-10)6-7-14-11-4-2-1-3-5-11/h1-5,8-9,14H,6-7H2. The SMILES string of the molecule is Brc1cnc(CCNc2ccccc2)nc1. The van der Waals surface area contributed by atoms with Gasteiger partial charge in [-0.2, -0.15) is 0 Å². The Balaban J connectivity index is 1.82. The summed E-state index contributed by atoms with van der Waals surface area (Å²) in [5.41, 5.74) is 1.12. The minimum Gasteiger partial charge on any atom is -0.385 e. The summed E-state index contributed by atoms with van der Waals surface area (Å²) in [6.45, 7) is 0.839. The fourth-order valence-electron chi connectivity index (χ4n) is 1.34. The molecule has 1 aromatic carbocycles. The number of rotatable bonds is 4. The van der Waals surface area contributed by atoms with Crippen molar-refractivity contribution in [3.05, 3.63) is 53.0 Å². The maximum absolute atomic E-state index is 4.21. The van der Waals surface area contributed by atoms with E-state index < -0.39 is 0 Å². The molecule has 4 heteroatoms. The van der Waals surface area contributed by atoms with Gasteiger partial charge in [0.25, 0.3) is 0 Å². The lowest BCUT2D eigenvalue weighted by Gasteiger charge is -2.04. The molecule has 1 aromatic heterocycles. The van der Waals surface area contributed by atoms with Crippen LogP contribution in [0.25, 0.3) is 0 Å². The van der Waals surface area contributed by atoms with Gasteiger partial charge in [-0.05, 0) is 28.1 Å². The number of aromatic nitrogens is 2. The molecule has 0 aliphatic rings. The van der Waals surface area contributed by atoms with Gasteiger partial charge in [-0.3, -0.25) is 0 Å². The summed E-state index contributed by atoms with van der Waals surface area (Å²) >= 11 is 3.31. The van der Waals surface area contributed by atoms with Crippen molar-refractivity contribution in [2.45, 2.75) is 6.42 Å². The topological polar surface area (TPSA) is 37.8 Å². The van der Waals surface area contributed by atoms with Crippen LogP contribution in [0.15, 0.2) is 47.2 Å². The Labute approximate surface area is 103 Å². The molecular weight excluding hydrogens is 266 g/mol. The van der Waals surface area contributed by atoms with E-state index in [0.29, 0.717) is 0 Å². The molecule has 1 heterocycles.